The Labute approximate surface area is 365 Å². The van der Waals surface area contributed by atoms with E-state index in [0.29, 0.717) is 46.7 Å². The van der Waals surface area contributed by atoms with E-state index in [2.05, 4.69) is 0 Å². The van der Waals surface area contributed by atoms with E-state index in [1.165, 1.54) is 0 Å². The highest BCUT2D eigenvalue weighted by Crippen LogP contribution is 2.58. The van der Waals surface area contributed by atoms with Gasteiger partial charge in [0.1, 0.15) is 68.3 Å². The SMILES string of the molecule is O=CC1=C(C(=O)O)C2c3ccc4cc3C1c1ccc(cc12)OCc1ccc(cc1)COc1ccc2c(c1)C1C(C(=O)O)=C(C=O)C2c2cc(ccc21)OCc1ccc(cc1C=O)CO4. The number of aldehydes is 3. The molecule has 16 heterocycles. The van der Waals surface area contributed by atoms with Gasteiger partial charge in [0.25, 0.3) is 0 Å². The first-order valence-electron chi connectivity index (χ1n) is 20.8. The van der Waals surface area contributed by atoms with E-state index < -0.39 is 35.6 Å². The lowest BCUT2D eigenvalue weighted by molar-refractivity contribution is -0.134. The minimum atomic E-state index is -1.16. The van der Waals surface area contributed by atoms with Crippen molar-refractivity contribution in [3.63, 3.8) is 0 Å². The van der Waals surface area contributed by atoms with Crippen molar-refractivity contribution in [2.45, 2.75) is 50.1 Å². The van der Waals surface area contributed by atoms with Crippen LogP contribution in [0, 0.1) is 0 Å². The number of aliphatic carboxylic acids is 2. The summed E-state index contributed by atoms with van der Waals surface area (Å²) < 4.78 is 25.0. The zero-order chi connectivity index (χ0) is 43.8. The summed E-state index contributed by atoms with van der Waals surface area (Å²) in [4.78, 5) is 63.2. The van der Waals surface area contributed by atoms with Gasteiger partial charge in [0, 0.05) is 40.4 Å². The Morgan fingerprint density at radius 1 is 0.406 bits per heavy atom. The molecule has 6 aromatic carbocycles. The lowest BCUT2D eigenvalue weighted by Gasteiger charge is -2.41. The number of hydrogen-bond donors (Lipinski definition) is 2. The number of carboxylic acids is 2. The fraction of sp³-hybridized carbons (Fsp3) is 0.151. The van der Waals surface area contributed by atoms with E-state index in [0.717, 1.165) is 67.5 Å². The Kier molecular flexibility index (Phi) is 9.16. The first kappa shape index (κ1) is 38.8. The molecule has 6 aromatic rings. The highest BCUT2D eigenvalue weighted by atomic mass is 16.5. The second-order valence-corrected chi connectivity index (χ2v) is 16.6. The lowest BCUT2D eigenvalue weighted by Crippen LogP contribution is -2.32. The molecule has 314 valence electrons. The maximum Gasteiger partial charge on any atom is 0.332 e. The van der Waals surface area contributed by atoms with Gasteiger partial charge in [-0.05, 0) is 121 Å². The van der Waals surface area contributed by atoms with Gasteiger partial charge in [-0.1, -0.05) is 60.7 Å². The number of ether oxygens (including phenoxy) is 4. The van der Waals surface area contributed by atoms with Gasteiger partial charge in [0.05, 0.1) is 11.1 Å². The summed E-state index contributed by atoms with van der Waals surface area (Å²) >= 11 is 0. The van der Waals surface area contributed by atoms with Crippen molar-refractivity contribution in [2.75, 3.05) is 0 Å². The number of hydrogen-bond acceptors (Lipinski definition) is 9. The van der Waals surface area contributed by atoms with Crippen molar-refractivity contribution >= 4 is 30.8 Å². The molecule has 11 nitrogen and oxygen atoms in total. The molecule has 0 radical (unpaired) electrons. The largest absolute Gasteiger partial charge is 0.489 e. The van der Waals surface area contributed by atoms with Crippen LogP contribution in [0.4, 0.5) is 0 Å². The zero-order valence-corrected chi connectivity index (χ0v) is 33.9. The summed E-state index contributed by atoms with van der Waals surface area (Å²) in [5.41, 5.74) is 10.4. The van der Waals surface area contributed by atoms with Gasteiger partial charge < -0.3 is 29.2 Å². The predicted octanol–water partition coefficient (Wildman–Crippen LogP) is 8.47. The Morgan fingerprint density at radius 3 is 1.16 bits per heavy atom. The molecule has 22 aliphatic rings. The van der Waals surface area contributed by atoms with Crippen LogP contribution in [-0.4, -0.2) is 41.0 Å². The van der Waals surface area contributed by atoms with E-state index in [1.807, 2.05) is 91.0 Å². The summed E-state index contributed by atoms with van der Waals surface area (Å²) in [6.45, 7) is 0.672. The van der Waals surface area contributed by atoms with Crippen LogP contribution in [0.25, 0.3) is 0 Å². The fourth-order valence-electron chi connectivity index (χ4n) is 10.4. The van der Waals surface area contributed by atoms with Crippen molar-refractivity contribution in [3.05, 3.63) is 210 Å². The molecule has 0 spiro atoms. The van der Waals surface area contributed by atoms with Crippen LogP contribution in [0.1, 0.15) is 101 Å². The minimum Gasteiger partial charge on any atom is -0.489 e. The minimum absolute atomic E-state index is 0.0448. The van der Waals surface area contributed by atoms with E-state index in [9.17, 15) is 34.2 Å². The van der Waals surface area contributed by atoms with E-state index >= 15 is 0 Å². The fourth-order valence-corrected chi connectivity index (χ4v) is 10.4. The quantitative estimate of drug-likeness (QED) is 0.160. The lowest BCUT2D eigenvalue weighted by atomic mass is 9.61. The number of rotatable bonds is 5. The summed E-state index contributed by atoms with van der Waals surface area (Å²) in [6, 6.07) is 35.3. The van der Waals surface area contributed by atoms with E-state index in [1.54, 1.807) is 24.3 Å². The second kappa shape index (κ2) is 15.1. The van der Waals surface area contributed by atoms with Crippen LogP contribution in [0.3, 0.4) is 0 Å². The molecule has 0 amide bonds. The molecule has 0 saturated carbocycles. The Balaban J connectivity index is 0.960. The number of benzene rings is 6. The van der Waals surface area contributed by atoms with Crippen LogP contribution in [0.15, 0.2) is 138 Å². The first-order valence-corrected chi connectivity index (χ1v) is 20.8. The third kappa shape index (κ3) is 6.14. The molecule has 0 fully saturated rings. The number of carboxylic acid groups (broad SMARTS) is 2. The molecule has 64 heavy (non-hydrogen) atoms. The predicted molar refractivity (Wildman–Crippen MR) is 230 cm³/mol. The summed E-state index contributed by atoms with van der Waals surface area (Å²) in [5, 5.41) is 20.9. The Hall–Kier alpha value is -8.05. The van der Waals surface area contributed by atoms with Crippen molar-refractivity contribution in [2.24, 2.45) is 0 Å². The highest BCUT2D eigenvalue weighted by Gasteiger charge is 2.47. The second-order valence-electron chi connectivity index (χ2n) is 16.6. The topological polar surface area (TPSA) is 163 Å². The summed E-state index contributed by atoms with van der Waals surface area (Å²) in [7, 11) is 0. The Bertz CT molecular complexity index is 3100. The molecule has 16 aliphatic heterocycles. The molecule has 28 rings (SSSR count). The van der Waals surface area contributed by atoms with Crippen LogP contribution in [0.5, 0.6) is 23.0 Å². The molecule has 0 saturated heterocycles. The normalized spacial score (nSPS) is 19.8. The standard InChI is InChI=1S/C53H36O11/c54-20-31-15-29-5-6-30(31)26-64-35-10-14-39-41(17-35)47-37-12-8-34(19-43(37)49(39)51(53(59)60)45(47)22-56)62-24-28-3-1-27(2-4-28)23-61-33-7-11-36-42(18-33)48-38-13-9-32(63-25-29)16-40(38)46(36)44(21-55)50(48)52(57)58/h1-22,46-49H,23-26H2,(H,57,58)(H,59,60). The third-order valence-electron chi connectivity index (χ3n) is 13.2. The highest BCUT2D eigenvalue weighted by molar-refractivity contribution is 6.02. The van der Waals surface area contributed by atoms with Crippen molar-refractivity contribution in [3.8, 4) is 23.0 Å². The molecule has 6 aliphatic carbocycles. The van der Waals surface area contributed by atoms with Crippen molar-refractivity contribution in [1.82, 2.24) is 0 Å². The van der Waals surface area contributed by atoms with E-state index in [4.69, 9.17) is 18.9 Å². The van der Waals surface area contributed by atoms with Gasteiger partial charge in [-0.2, -0.15) is 0 Å². The third-order valence-corrected chi connectivity index (χ3v) is 13.2. The monoisotopic (exact) mass is 848 g/mol. The summed E-state index contributed by atoms with van der Waals surface area (Å²) in [5.74, 6) is -2.84. The maximum absolute atomic E-state index is 12.8. The van der Waals surface area contributed by atoms with Gasteiger partial charge in [0.15, 0.2) is 0 Å². The maximum atomic E-state index is 12.8. The van der Waals surface area contributed by atoms with Crippen molar-refractivity contribution in [1.29, 1.82) is 0 Å². The molecule has 0 aromatic heterocycles. The summed E-state index contributed by atoms with van der Waals surface area (Å²) in [6.07, 6.45) is 2.06. The molecule has 11 heteroatoms. The van der Waals surface area contributed by atoms with Gasteiger partial charge in [-0.25, -0.2) is 9.59 Å². The molecular formula is C53H36O11. The van der Waals surface area contributed by atoms with Crippen LogP contribution in [0.2, 0.25) is 0 Å². The van der Waals surface area contributed by atoms with Gasteiger partial charge >= 0.3 is 11.9 Å². The molecule has 4 atom stereocenters. The molecular weight excluding hydrogens is 813 g/mol. The first-order chi connectivity index (χ1) is 31.2. The van der Waals surface area contributed by atoms with Gasteiger partial charge in [-0.3, -0.25) is 14.4 Å². The van der Waals surface area contributed by atoms with Crippen LogP contribution < -0.4 is 18.9 Å². The molecule has 20 bridgehead atoms. The van der Waals surface area contributed by atoms with Crippen LogP contribution >= 0.6 is 0 Å². The van der Waals surface area contributed by atoms with E-state index in [-0.39, 0.29) is 48.7 Å². The average molecular weight is 849 g/mol. The van der Waals surface area contributed by atoms with Crippen LogP contribution in [-0.2, 0) is 45.6 Å². The Morgan fingerprint density at radius 2 is 0.766 bits per heavy atom. The molecule has 4 unspecified atom stereocenters. The van der Waals surface area contributed by atoms with Gasteiger partial charge in [0.2, 0.25) is 0 Å². The zero-order valence-electron chi connectivity index (χ0n) is 33.9. The smallest absolute Gasteiger partial charge is 0.332 e. The van der Waals surface area contributed by atoms with Crippen molar-refractivity contribution < 1.29 is 53.1 Å². The number of carbonyl (C=O) groups excluding carboxylic acids is 3. The van der Waals surface area contributed by atoms with Gasteiger partial charge in [-0.15, -0.1) is 0 Å². The average Bonchev–Trinajstić information content (AvgIpc) is 3.32. The number of allylic oxidation sites excluding steroid dienone is 2. The molecule has 2 N–H and O–H groups in total. The number of carbonyl (C=O) groups is 5.